The average Bonchev–Trinajstić information content (AvgIpc) is 2.19. The van der Waals surface area contributed by atoms with Crippen molar-refractivity contribution in [2.75, 3.05) is 0 Å². The first-order valence-corrected chi connectivity index (χ1v) is 5.86. The fourth-order valence-electron chi connectivity index (χ4n) is 1.62. The molecule has 0 N–H and O–H groups in total. The van der Waals surface area contributed by atoms with Crippen LogP contribution in [0.5, 0.6) is 0 Å². The molecule has 0 rings (SSSR count). The molecule has 0 saturated carbocycles. The van der Waals surface area contributed by atoms with Gasteiger partial charge in [-0.25, -0.2) is 0 Å². The highest BCUT2D eigenvalue weighted by Crippen LogP contribution is 2.15. The zero-order valence-electron chi connectivity index (χ0n) is 9.67. The van der Waals surface area contributed by atoms with Crippen LogP contribution >= 0.6 is 0 Å². The van der Waals surface area contributed by atoms with Crippen LogP contribution in [0.25, 0.3) is 0 Å². The summed E-state index contributed by atoms with van der Waals surface area (Å²) in [5, 5.41) is 0. The van der Waals surface area contributed by atoms with Crippen LogP contribution in [-0.2, 0) is 4.79 Å². The lowest BCUT2D eigenvalue weighted by Gasteiger charge is -2.09. The van der Waals surface area contributed by atoms with Crippen LogP contribution in [0.4, 0.5) is 0 Å². The normalized spacial score (nSPS) is 13.3. The third-order valence-electron chi connectivity index (χ3n) is 2.57. The van der Waals surface area contributed by atoms with E-state index >= 15 is 0 Å². The van der Waals surface area contributed by atoms with E-state index in [1.165, 1.54) is 32.1 Å². The highest BCUT2D eigenvalue weighted by Gasteiger charge is 2.00. The SMILES string of the molecule is C/C=C/CCCC(C)CCCCC=O. The maximum absolute atomic E-state index is 10.1. The summed E-state index contributed by atoms with van der Waals surface area (Å²) < 4.78 is 0. The molecular formula is C13H24O. The smallest absolute Gasteiger partial charge is 0.119 e. The first-order valence-electron chi connectivity index (χ1n) is 5.86. The molecule has 0 aliphatic carbocycles. The topological polar surface area (TPSA) is 17.1 Å². The average molecular weight is 196 g/mol. The van der Waals surface area contributed by atoms with Crippen molar-refractivity contribution in [3.63, 3.8) is 0 Å². The molecule has 14 heavy (non-hydrogen) atoms. The first-order chi connectivity index (χ1) is 6.81. The molecule has 1 unspecified atom stereocenters. The zero-order valence-corrected chi connectivity index (χ0v) is 9.67. The molecule has 0 aromatic heterocycles. The Morgan fingerprint density at radius 3 is 2.43 bits per heavy atom. The van der Waals surface area contributed by atoms with Crippen LogP contribution in [0.1, 0.15) is 58.8 Å². The summed E-state index contributed by atoms with van der Waals surface area (Å²) in [6, 6.07) is 0. The quantitative estimate of drug-likeness (QED) is 0.308. The van der Waals surface area contributed by atoms with Crippen molar-refractivity contribution in [1.82, 2.24) is 0 Å². The Kier molecular flexibility index (Phi) is 10.0. The maximum atomic E-state index is 10.1. The molecule has 0 fully saturated rings. The number of rotatable bonds is 9. The van der Waals surface area contributed by atoms with Gasteiger partial charge in [-0.05, 0) is 32.1 Å². The number of allylic oxidation sites excluding steroid dienone is 2. The largest absolute Gasteiger partial charge is 0.303 e. The van der Waals surface area contributed by atoms with Gasteiger partial charge in [0, 0.05) is 6.42 Å². The van der Waals surface area contributed by atoms with Crippen molar-refractivity contribution < 1.29 is 4.79 Å². The summed E-state index contributed by atoms with van der Waals surface area (Å²) in [6.45, 7) is 4.39. The van der Waals surface area contributed by atoms with Crippen LogP contribution in [0.3, 0.4) is 0 Å². The molecule has 0 saturated heterocycles. The van der Waals surface area contributed by atoms with Gasteiger partial charge in [-0.1, -0.05) is 38.3 Å². The standard InChI is InChI=1S/C13H24O/c1-3-4-5-7-10-13(2)11-8-6-9-12-14/h3-4,12-13H,5-11H2,1-2H3/b4-3+. The summed E-state index contributed by atoms with van der Waals surface area (Å²) >= 11 is 0. The number of carbonyl (C=O) groups is 1. The third-order valence-corrected chi connectivity index (χ3v) is 2.57. The van der Waals surface area contributed by atoms with E-state index in [9.17, 15) is 4.79 Å². The molecule has 0 amide bonds. The molecule has 0 aromatic rings. The number of hydrogen-bond acceptors (Lipinski definition) is 1. The predicted molar refractivity (Wildman–Crippen MR) is 62.4 cm³/mol. The summed E-state index contributed by atoms with van der Waals surface area (Å²) in [6.07, 6.45) is 13.5. The molecule has 0 aliphatic rings. The summed E-state index contributed by atoms with van der Waals surface area (Å²) in [7, 11) is 0. The van der Waals surface area contributed by atoms with Crippen molar-refractivity contribution in [3.05, 3.63) is 12.2 Å². The van der Waals surface area contributed by atoms with E-state index in [4.69, 9.17) is 0 Å². The highest BCUT2D eigenvalue weighted by molar-refractivity contribution is 5.48. The van der Waals surface area contributed by atoms with Gasteiger partial charge in [-0.3, -0.25) is 0 Å². The van der Waals surface area contributed by atoms with Gasteiger partial charge in [-0.2, -0.15) is 0 Å². The highest BCUT2D eigenvalue weighted by atomic mass is 16.1. The van der Waals surface area contributed by atoms with E-state index in [0.29, 0.717) is 0 Å². The minimum Gasteiger partial charge on any atom is -0.303 e. The van der Waals surface area contributed by atoms with Crippen molar-refractivity contribution in [1.29, 1.82) is 0 Å². The van der Waals surface area contributed by atoms with Crippen molar-refractivity contribution in [3.8, 4) is 0 Å². The fourth-order valence-corrected chi connectivity index (χ4v) is 1.62. The molecule has 0 spiro atoms. The summed E-state index contributed by atoms with van der Waals surface area (Å²) in [5.74, 6) is 0.826. The van der Waals surface area contributed by atoms with Gasteiger partial charge in [0.1, 0.15) is 6.29 Å². The molecule has 0 aliphatic heterocycles. The van der Waals surface area contributed by atoms with E-state index in [1.54, 1.807) is 0 Å². The Bertz CT molecular complexity index is 149. The second-order valence-corrected chi connectivity index (χ2v) is 4.06. The van der Waals surface area contributed by atoms with Crippen LogP contribution in [0.15, 0.2) is 12.2 Å². The fraction of sp³-hybridized carbons (Fsp3) is 0.769. The van der Waals surface area contributed by atoms with E-state index < -0.39 is 0 Å². The number of aldehydes is 1. The molecule has 0 radical (unpaired) electrons. The lowest BCUT2D eigenvalue weighted by Crippen LogP contribution is -1.94. The Labute approximate surface area is 88.6 Å². The second kappa shape index (κ2) is 10.5. The van der Waals surface area contributed by atoms with E-state index in [0.717, 1.165) is 25.0 Å². The molecular weight excluding hydrogens is 172 g/mol. The van der Waals surface area contributed by atoms with Gasteiger partial charge in [0.25, 0.3) is 0 Å². The lowest BCUT2D eigenvalue weighted by molar-refractivity contribution is -0.107. The first kappa shape index (κ1) is 13.4. The Hall–Kier alpha value is -0.590. The van der Waals surface area contributed by atoms with Gasteiger partial charge in [0.2, 0.25) is 0 Å². The van der Waals surface area contributed by atoms with Crippen LogP contribution in [0, 0.1) is 5.92 Å². The molecule has 1 nitrogen and oxygen atoms in total. The number of hydrogen-bond donors (Lipinski definition) is 0. The number of unbranched alkanes of at least 4 members (excludes halogenated alkanes) is 3. The third kappa shape index (κ3) is 9.50. The second-order valence-electron chi connectivity index (χ2n) is 4.06. The Balaban J connectivity index is 3.18. The maximum Gasteiger partial charge on any atom is 0.119 e. The lowest BCUT2D eigenvalue weighted by atomic mass is 9.97. The van der Waals surface area contributed by atoms with Gasteiger partial charge < -0.3 is 4.79 Å². The zero-order chi connectivity index (χ0) is 10.6. The van der Waals surface area contributed by atoms with Gasteiger partial charge in [0.15, 0.2) is 0 Å². The minimum atomic E-state index is 0.741. The van der Waals surface area contributed by atoms with Crippen molar-refractivity contribution in [2.45, 2.75) is 58.8 Å². The van der Waals surface area contributed by atoms with Crippen LogP contribution in [0.2, 0.25) is 0 Å². The van der Waals surface area contributed by atoms with E-state index in [2.05, 4.69) is 26.0 Å². The van der Waals surface area contributed by atoms with Gasteiger partial charge in [0.05, 0.1) is 0 Å². The monoisotopic (exact) mass is 196 g/mol. The van der Waals surface area contributed by atoms with Crippen molar-refractivity contribution in [2.24, 2.45) is 5.92 Å². The number of carbonyl (C=O) groups excluding carboxylic acids is 1. The molecule has 0 bridgehead atoms. The Morgan fingerprint density at radius 2 is 1.79 bits per heavy atom. The van der Waals surface area contributed by atoms with Crippen LogP contribution < -0.4 is 0 Å². The molecule has 82 valence electrons. The molecule has 0 aromatic carbocycles. The van der Waals surface area contributed by atoms with E-state index in [-0.39, 0.29) is 0 Å². The molecule has 0 heterocycles. The van der Waals surface area contributed by atoms with Crippen molar-refractivity contribution >= 4 is 6.29 Å². The Morgan fingerprint density at radius 1 is 1.07 bits per heavy atom. The van der Waals surface area contributed by atoms with Crippen LogP contribution in [-0.4, -0.2) is 6.29 Å². The summed E-state index contributed by atoms with van der Waals surface area (Å²) in [5.41, 5.74) is 0. The molecule has 1 heteroatoms. The summed E-state index contributed by atoms with van der Waals surface area (Å²) in [4.78, 5) is 10.1. The van der Waals surface area contributed by atoms with E-state index in [1.807, 2.05) is 0 Å². The van der Waals surface area contributed by atoms with Gasteiger partial charge in [-0.15, -0.1) is 0 Å². The predicted octanol–water partition coefficient (Wildman–Crippen LogP) is 4.13. The minimum absolute atomic E-state index is 0.741. The molecule has 1 atom stereocenters. The van der Waals surface area contributed by atoms with Gasteiger partial charge >= 0.3 is 0 Å².